The van der Waals surface area contributed by atoms with Crippen molar-refractivity contribution in [2.24, 2.45) is 0 Å². The minimum Gasteiger partial charge on any atom is -0.466 e. The number of unbranched alkanes of at least 4 members (excludes halogenated alkanes) is 1. The number of anilines is 1. The number of carbonyl (C=O) groups is 1. The van der Waals surface area contributed by atoms with Gasteiger partial charge in [0.25, 0.3) is 0 Å². The summed E-state index contributed by atoms with van der Waals surface area (Å²) in [7, 11) is 2.03. The fourth-order valence-electron chi connectivity index (χ4n) is 1.40. The number of esters is 1. The first-order chi connectivity index (χ1) is 8.17. The summed E-state index contributed by atoms with van der Waals surface area (Å²) in [5, 5.41) is 2.90. The largest absolute Gasteiger partial charge is 0.466 e. The van der Waals surface area contributed by atoms with E-state index in [4.69, 9.17) is 4.74 Å². The van der Waals surface area contributed by atoms with Crippen molar-refractivity contribution >= 4 is 22.4 Å². The van der Waals surface area contributed by atoms with Crippen LogP contribution in [0.15, 0.2) is 5.38 Å². The Hall–Kier alpha value is -1.10. The van der Waals surface area contributed by atoms with Crippen LogP contribution in [0, 0.1) is 0 Å². The highest BCUT2D eigenvalue weighted by Gasteiger charge is 2.10. The van der Waals surface area contributed by atoms with E-state index in [1.807, 2.05) is 19.4 Å². The minimum absolute atomic E-state index is 0.208. The molecule has 17 heavy (non-hydrogen) atoms. The Morgan fingerprint density at radius 2 is 2.29 bits per heavy atom. The molecule has 0 aromatic carbocycles. The van der Waals surface area contributed by atoms with E-state index >= 15 is 0 Å². The molecule has 0 spiro atoms. The van der Waals surface area contributed by atoms with Gasteiger partial charge in [-0.2, -0.15) is 0 Å². The van der Waals surface area contributed by atoms with Crippen molar-refractivity contribution in [2.45, 2.75) is 33.1 Å². The zero-order valence-corrected chi connectivity index (χ0v) is 11.5. The monoisotopic (exact) mass is 256 g/mol. The third-order valence-corrected chi connectivity index (χ3v) is 3.35. The molecule has 1 rings (SSSR count). The van der Waals surface area contributed by atoms with Crippen LogP contribution in [0.25, 0.3) is 0 Å². The molecule has 0 amide bonds. The van der Waals surface area contributed by atoms with Crippen molar-refractivity contribution in [3.05, 3.63) is 11.1 Å². The molecule has 0 saturated carbocycles. The zero-order chi connectivity index (χ0) is 12.7. The summed E-state index contributed by atoms with van der Waals surface area (Å²) in [5.74, 6) is -0.208. The number of ether oxygens (including phenoxy) is 1. The topological polar surface area (TPSA) is 42.4 Å². The highest BCUT2D eigenvalue weighted by Crippen LogP contribution is 2.20. The number of rotatable bonds is 7. The molecule has 0 saturated heterocycles. The van der Waals surface area contributed by atoms with Crippen molar-refractivity contribution < 1.29 is 9.53 Å². The first kappa shape index (κ1) is 14.0. The van der Waals surface area contributed by atoms with Crippen LogP contribution >= 0.6 is 11.3 Å². The van der Waals surface area contributed by atoms with E-state index in [1.54, 1.807) is 11.3 Å². The summed E-state index contributed by atoms with van der Waals surface area (Å²) in [4.78, 5) is 17.8. The van der Waals surface area contributed by atoms with Gasteiger partial charge in [-0.25, -0.2) is 4.98 Å². The molecule has 0 fully saturated rings. The van der Waals surface area contributed by atoms with Crippen LogP contribution in [0.3, 0.4) is 0 Å². The number of aromatic nitrogens is 1. The standard InChI is InChI=1S/C12H20N2O2S/c1-4-6-7-14(3)12-13-10(9-17-12)8-11(15)16-5-2/h9H,4-8H2,1-3H3. The lowest BCUT2D eigenvalue weighted by molar-refractivity contribution is -0.142. The Morgan fingerprint density at radius 1 is 1.53 bits per heavy atom. The van der Waals surface area contributed by atoms with E-state index in [1.165, 1.54) is 6.42 Å². The average Bonchev–Trinajstić information content (AvgIpc) is 2.74. The number of nitrogens with zero attached hydrogens (tertiary/aromatic N) is 2. The lowest BCUT2D eigenvalue weighted by atomic mass is 10.3. The van der Waals surface area contributed by atoms with Crippen molar-refractivity contribution in [1.82, 2.24) is 4.98 Å². The molecule has 0 aliphatic heterocycles. The summed E-state index contributed by atoms with van der Waals surface area (Å²) >= 11 is 1.58. The quantitative estimate of drug-likeness (QED) is 0.703. The van der Waals surface area contributed by atoms with Gasteiger partial charge in [-0.05, 0) is 13.3 Å². The predicted octanol–water partition coefficient (Wildman–Crippen LogP) is 2.49. The Morgan fingerprint density at radius 3 is 2.94 bits per heavy atom. The number of hydrogen-bond donors (Lipinski definition) is 0. The number of carbonyl (C=O) groups excluding carboxylic acids is 1. The first-order valence-corrected chi connectivity index (χ1v) is 6.86. The Kier molecular flexibility index (Phi) is 5.97. The van der Waals surface area contributed by atoms with Gasteiger partial charge in [-0.15, -0.1) is 11.3 Å². The maximum absolute atomic E-state index is 11.3. The van der Waals surface area contributed by atoms with Gasteiger partial charge in [0.15, 0.2) is 5.13 Å². The molecule has 0 aliphatic carbocycles. The van der Waals surface area contributed by atoms with Crippen LogP contribution in [0.4, 0.5) is 5.13 Å². The molecule has 1 heterocycles. The smallest absolute Gasteiger partial charge is 0.311 e. The Bertz CT molecular complexity index is 352. The van der Waals surface area contributed by atoms with E-state index < -0.39 is 0 Å². The normalized spacial score (nSPS) is 10.3. The van der Waals surface area contributed by atoms with Crippen LogP contribution in [0.1, 0.15) is 32.4 Å². The van der Waals surface area contributed by atoms with Crippen LogP contribution in [-0.4, -0.2) is 31.2 Å². The third kappa shape index (κ3) is 4.73. The molecule has 0 N–H and O–H groups in total. The summed E-state index contributed by atoms with van der Waals surface area (Å²) < 4.78 is 4.89. The van der Waals surface area contributed by atoms with Crippen molar-refractivity contribution in [3.8, 4) is 0 Å². The Balaban J connectivity index is 2.49. The van der Waals surface area contributed by atoms with E-state index in [-0.39, 0.29) is 12.4 Å². The van der Waals surface area contributed by atoms with Crippen molar-refractivity contribution in [3.63, 3.8) is 0 Å². The maximum atomic E-state index is 11.3. The lowest BCUT2D eigenvalue weighted by Gasteiger charge is -2.14. The van der Waals surface area contributed by atoms with Crippen LogP contribution in [0.2, 0.25) is 0 Å². The SMILES string of the molecule is CCCCN(C)c1nc(CC(=O)OCC)cs1. The fourth-order valence-corrected chi connectivity index (χ4v) is 2.22. The highest BCUT2D eigenvalue weighted by atomic mass is 32.1. The van der Waals surface area contributed by atoms with E-state index in [2.05, 4.69) is 16.8 Å². The molecule has 0 bridgehead atoms. The van der Waals surface area contributed by atoms with Gasteiger partial charge >= 0.3 is 5.97 Å². The number of thiazole rings is 1. The molecule has 0 aliphatic rings. The minimum atomic E-state index is -0.208. The molecular formula is C12H20N2O2S. The maximum Gasteiger partial charge on any atom is 0.311 e. The van der Waals surface area contributed by atoms with Crippen molar-refractivity contribution in [1.29, 1.82) is 0 Å². The number of hydrogen-bond acceptors (Lipinski definition) is 5. The first-order valence-electron chi connectivity index (χ1n) is 5.98. The van der Waals surface area contributed by atoms with Crippen molar-refractivity contribution in [2.75, 3.05) is 25.1 Å². The van der Waals surface area contributed by atoms with Gasteiger partial charge < -0.3 is 9.64 Å². The van der Waals surface area contributed by atoms with Gasteiger partial charge in [0.1, 0.15) is 0 Å². The van der Waals surface area contributed by atoms with Gasteiger partial charge in [0, 0.05) is 19.0 Å². The Labute approximate surface area is 107 Å². The molecule has 0 atom stereocenters. The summed E-state index contributed by atoms with van der Waals surface area (Å²) in [6, 6.07) is 0. The van der Waals surface area contributed by atoms with Gasteiger partial charge in [-0.1, -0.05) is 13.3 Å². The summed E-state index contributed by atoms with van der Waals surface area (Å²) in [6.07, 6.45) is 2.60. The summed E-state index contributed by atoms with van der Waals surface area (Å²) in [5.41, 5.74) is 0.798. The molecule has 1 aromatic heterocycles. The second-order valence-electron chi connectivity index (χ2n) is 3.88. The van der Waals surface area contributed by atoms with Crippen LogP contribution < -0.4 is 4.90 Å². The lowest BCUT2D eigenvalue weighted by Crippen LogP contribution is -2.18. The average molecular weight is 256 g/mol. The van der Waals surface area contributed by atoms with Gasteiger partial charge in [-0.3, -0.25) is 4.79 Å². The molecule has 96 valence electrons. The third-order valence-electron chi connectivity index (χ3n) is 2.34. The molecule has 0 unspecified atom stereocenters. The highest BCUT2D eigenvalue weighted by molar-refractivity contribution is 7.13. The molecule has 0 radical (unpaired) electrons. The second-order valence-corrected chi connectivity index (χ2v) is 4.71. The fraction of sp³-hybridized carbons (Fsp3) is 0.667. The van der Waals surface area contributed by atoms with Gasteiger partial charge in [0.05, 0.1) is 18.7 Å². The van der Waals surface area contributed by atoms with E-state index in [0.717, 1.165) is 23.8 Å². The molecule has 1 aromatic rings. The predicted molar refractivity (Wildman–Crippen MR) is 70.6 cm³/mol. The van der Waals surface area contributed by atoms with Gasteiger partial charge in [0.2, 0.25) is 0 Å². The molecule has 4 nitrogen and oxygen atoms in total. The summed E-state index contributed by atoms with van der Waals surface area (Å²) in [6.45, 7) is 5.40. The van der Waals surface area contributed by atoms with Crippen LogP contribution in [-0.2, 0) is 16.0 Å². The van der Waals surface area contributed by atoms with E-state index in [9.17, 15) is 4.79 Å². The molecule has 5 heteroatoms. The van der Waals surface area contributed by atoms with Crippen LogP contribution in [0.5, 0.6) is 0 Å². The van der Waals surface area contributed by atoms with E-state index in [0.29, 0.717) is 6.61 Å². The second kappa shape index (κ2) is 7.27. The zero-order valence-electron chi connectivity index (χ0n) is 10.7. The molecular weight excluding hydrogens is 236 g/mol.